The topological polar surface area (TPSA) is 80.2 Å². The standard InChI is InChI=1S/C20H18N2O4/c1-25-16-7-13(8-17(11-16)26-2)12-21-22-20(24)18-9-14-5-3-4-6-15(14)10-19(18)23/h3-12,23H,1-2H3,(H,22,24)/b21-12-. The summed E-state index contributed by atoms with van der Waals surface area (Å²) in [5.41, 5.74) is 3.27. The van der Waals surface area contributed by atoms with Gasteiger partial charge in [0.1, 0.15) is 17.2 Å². The van der Waals surface area contributed by atoms with Crippen molar-refractivity contribution in [3.63, 3.8) is 0 Å². The first-order chi connectivity index (χ1) is 12.6. The Balaban J connectivity index is 1.78. The highest BCUT2D eigenvalue weighted by atomic mass is 16.5. The van der Waals surface area contributed by atoms with Crippen molar-refractivity contribution in [3.8, 4) is 17.2 Å². The third kappa shape index (κ3) is 3.75. The summed E-state index contributed by atoms with van der Waals surface area (Å²) in [4.78, 5) is 12.3. The van der Waals surface area contributed by atoms with Gasteiger partial charge in [0.25, 0.3) is 5.91 Å². The second-order valence-corrected chi connectivity index (χ2v) is 5.56. The predicted molar refractivity (Wildman–Crippen MR) is 100 cm³/mol. The molecule has 6 nitrogen and oxygen atoms in total. The summed E-state index contributed by atoms with van der Waals surface area (Å²) < 4.78 is 10.4. The van der Waals surface area contributed by atoms with Crippen LogP contribution in [-0.4, -0.2) is 31.4 Å². The van der Waals surface area contributed by atoms with E-state index in [1.54, 1.807) is 44.6 Å². The van der Waals surface area contributed by atoms with Crippen LogP contribution < -0.4 is 14.9 Å². The second kappa shape index (κ2) is 7.57. The Morgan fingerprint density at radius 3 is 2.23 bits per heavy atom. The second-order valence-electron chi connectivity index (χ2n) is 5.56. The van der Waals surface area contributed by atoms with Gasteiger partial charge in [0.2, 0.25) is 0 Å². The number of rotatable bonds is 5. The monoisotopic (exact) mass is 350 g/mol. The quantitative estimate of drug-likeness (QED) is 0.546. The lowest BCUT2D eigenvalue weighted by atomic mass is 10.1. The zero-order chi connectivity index (χ0) is 18.5. The van der Waals surface area contributed by atoms with Gasteiger partial charge in [-0.1, -0.05) is 24.3 Å². The molecule has 0 saturated heterocycles. The first-order valence-corrected chi connectivity index (χ1v) is 7.89. The van der Waals surface area contributed by atoms with Crippen molar-refractivity contribution in [1.82, 2.24) is 5.43 Å². The molecule has 0 saturated carbocycles. The lowest BCUT2D eigenvalue weighted by Gasteiger charge is -2.06. The Morgan fingerprint density at radius 1 is 1.00 bits per heavy atom. The molecule has 6 heteroatoms. The van der Waals surface area contributed by atoms with Crippen LogP contribution in [0, 0.1) is 0 Å². The van der Waals surface area contributed by atoms with Crippen molar-refractivity contribution < 1.29 is 19.4 Å². The number of hydrazone groups is 1. The number of fused-ring (bicyclic) bond motifs is 1. The van der Waals surface area contributed by atoms with Crippen molar-refractivity contribution in [2.45, 2.75) is 0 Å². The molecular weight excluding hydrogens is 332 g/mol. The zero-order valence-corrected chi connectivity index (χ0v) is 14.4. The fraction of sp³-hybridized carbons (Fsp3) is 0.100. The van der Waals surface area contributed by atoms with E-state index in [2.05, 4.69) is 10.5 Å². The van der Waals surface area contributed by atoms with Crippen LogP contribution >= 0.6 is 0 Å². The first kappa shape index (κ1) is 17.3. The number of phenols is 1. The Bertz CT molecular complexity index is 960. The van der Waals surface area contributed by atoms with Crippen LogP contribution in [0.4, 0.5) is 0 Å². The molecule has 0 heterocycles. The lowest BCUT2D eigenvalue weighted by Crippen LogP contribution is -2.17. The van der Waals surface area contributed by atoms with Crippen molar-refractivity contribution in [2.24, 2.45) is 5.10 Å². The SMILES string of the molecule is COc1cc(/C=N\NC(=O)c2cc3ccccc3cc2O)cc(OC)c1. The van der Waals surface area contributed by atoms with Gasteiger partial charge in [0, 0.05) is 11.6 Å². The maximum Gasteiger partial charge on any atom is 0.275 e. The summed E-state index contributed by atoms with van der Waals surface area (Å²) in [5.74, 6) is 0.632. The summed E-state index contributed by atoms with van der Waals surface area (Å²) in [6.45, 7) is 0. The van der Waals surface area contributed by atoms with E-state index in [0.29, 0.717) is 17.1 Å². The number of carbonyl (C=O) groups excluding carboxylic acids is 1. The molecule has 0 atom stereocenters. The summed E-state index contributed by atoms with van der Waals surface area (Å²) in [7, 11) is 3.11. The van der Waals surface area contributed by atoms with Crippen LogP contribution in [0.2, 0.25) is 0 Å². The first-order valence-electron chi connectivity index (χ1n) is 7.89. The van der Waals surface area contributed by atoms with E-state index in [-0.39, 0.29) is 11.3 Å². The summed E-state index contributed by atoms with van der Waals surface area (Å²) in [6.07, 6.45) is 1.47. The molecule has 132 valence electrons. The molecule has 3 aromatic carbocycles. The number of hydrogen-bond acceptors (Lipinski definition) is 5. The molecule has 0 radical (unpaired) electrons. The van der Waals surface area contributed by atoms with Crippen LogP contribution in [0.5, 0.6) is 17.2 Å². The van der Waals surface area contributed by atoms with Crippen molar-refractivity contribution in [3.05, 3.63) is 65.7 Å². The Kier molecular flexibility index (Phi) is 5.03. The van der Waals surface area contributed by atoms with E-state index in [1.807, 2.05) is 24.3 Å². The van der Waals surface area contributed by atoms with E-state index in [4.69, 9.17) is 9.47 Å². The van der Waals surface area contributed by atoms with E-state index in [1.165, 1.54) is 6.21 Å². The highest BCUT2D eigenvalue weighted by molar-refractivity contribution is 6.01. The van der Waals surface area contributed by atoms with E-state index < -0.39 is 5.91 Å². The van der Waals surface area contributed by atoms with E-state index in [9.17, 15) is 9.90 Å². The van der Waals surface area contributed by atoms with Crippen molar-refractivity contribution >= 4 is 22.9 Å². The van der Waals surface area contributed by atoms with Crippen LogP contribution in [0.25, 0.3) is 10.8 Å². The molecule has 0 aliphatic rings. The highest BCUT2D eigenvalue weighted by Gasteiger charge is 2.11. The molecule has 3 aromatic rings. The minimum Gasteiger partial charge on any atom is -0.507 e. The Morgan fingerprint density at radius 2 is 1.62 bits per heavy atom. The molecule has 0 unspecified atom stereocenters. The average Bonchev–Trinajstić information content (AvgIpc) is 2.66. The van der Waals surface area contributed by atoms with Crippen LogP contribution in [0.1, 0.15) is 15.9 Å². The smallest absolute Gasteiger partial charge is 0.275 e. The van der Waals surface area contributed by atoms with Gasteiger partial charge in [-0.05, 0) is 35.0 Å². The molecule has 1 amide bonds. The van der Waals surface area contributed by atoms with Crippen LogP contribution in [-0.2, 0) is 0 Å². The summed E-state index contributed by atoms with van der Waals surface area (Å²) in [5, 5.41) is 15.7. The molecule has 0 bridgehead atoms. The number of hydrogen-bond donors (Lipinski definition) is 2. The van der Waals surface area contributed by atoms with Crippen molar-refractivity contribution in [2.75, 3.05) is 14.2 Å². The minimum absolute atomic E-state index is 0.0977. The molecular formula is C20H18N2O4. The fourth-order valence-corrected chi connectivity index (χ4v) is 2.54. The number of carbonyl (C=O) groups is 1. The normalized spacial score (nSPS) is 10.8. The lowest BCUT2D eigenvalue weighted by molar-refractivity contribution is 0.0952. The fourth-order valence-electron chi connectivity index (χ4n) is 2.54. The number of ether oxygens (including phenoxy) is 2. The van der Waals surface area contributed by atoms with Crippen LogP contribution in [0.3, 0.4) is 0 Å². The number of aromatic hydroxyl groups is 1. The Labute approximate surface area is 150 Å². The molecule has 26 heavy (non-hydrogen) atoms. The number of phenolic OH excluding ortho intramolecular Hbond substituents is 1. The van der Waals surface area contributed by atoms with Gasteiger partial charge in [-0.15, -0.1) is 0 Å². The maximum atomic E-state index is 12.3. The van der Waals surface area contributed by atoms with Gasteiger partial charge in [0.15, 0.2) is 0 Å². The number of nitrogens with zero attached hydrogens (tertiary/aromatic N) is 1. The molecule has 0 fully saturated rings. The van der Waals surface area contributed by atoms with Gasteiger partial charge in [0.05, 0.1) is 26.0 Å². The van der Waals surface area contributed by atoms with Gasteiger partial charge in [-0.2, -0.15) is 5.10 Å². The van der Waals surface area contributed by atoms with Gasteiger partial charge in [-0.25, -0.2) is 5.43 Å². The van der Waals surface area contributed by atoms with E-state index in [0.717, 1.165) is 10.8 Å². The minimum atomic E-state index is -0.501. The van der Waals surface area contributed by atoms with Gasteiger partial charge < -0.3 is 14.6 Å². The third-order valence-electron chi connectivity index (χ3n) is 3.86. The van der Waals surface area contributed by atoms with Gasteiger partial charge >= 0.3 is 0 Å². The predicted octanol–water partition coefficient (Wildman–Crippen LogP) is 3.33. The molecule has 0 aliphatic carbocycles. The molecule has 0 aliphatic heterocycles. The molecule has 0 aromatic heterocycles. The largest absolute Gasteiger partial charge is 0.507 e. The molecule has 2 N–H and O–H groups in total. The molecule has 0 spiro atoms. The number of methoxy groups -OCH3 is 2. The highest BCUT2D eigenvalue weighted by Crippen LogP contribution is 2.25. The summed E-state index contributed by atoms with van der Waals surface area (Å²) in [6, 6.07) is 15.9. The molecule has 3 rings (SSSR count). The van der Waals surface area contributed by atoms with Crippen molar-refractivity contribution in [1.29, 1.82) is 0 Å². The van der Waals surface area contributed by atoms with E-state index >= 15 is 0 Å². The zero-order valence-electron chi connectivity index (χ0n) is 14.4. The maximum absolute atomic E-state index is 12.3. The average molecular weight is 350 g/mol. The third-order valence-corrected chi connectivity index (χ3v) is 3.86. The number of nitrogens with one attached hydrogen (secondary N) is 1. The summed E-state index contributed by atoms with van der Waals surface area (Å²) >= 11 is 0. The number of amides is 1. The number of benzene rings is 3. The van der Waals surface area contributed by atoms with Gasteiger partial charge in [-0.3, -0.25) is 4.79 Å². The Hall–Kier alpha value is -3.54. The van der Waals surface area contributed by atoms with Crippen LogP contribution in [0.15, 0.2) is 59.7 Å².